The van der Waals surface area contributed by atoms with Gasteiger partial charge in [0, 0.05) is 43.6 Å². The van der Waals surface area contributed by atoms with Gasteiger partial charge in [-0.15, -0.1) is 4.91 Å². The summed E-state index contributed by atoms with van der Waals surface area (Å²) >= 11 is 0. The zero-order valence-corrected chi connectivity index (χ0v) is 20.2. The number of hydrogen-bond acceptors (Lipinski definition) is 7. The van der Waals surface area contributed by atoms with Crippen LogP contribution in [0.4, 0.5) is 30.2 Å². The highest BCUT2D eigenvalue weighted by Crippen LogP contribution is 2.38. The SMILES string of the molecule is N#Cc1ccc(N2CCN(C(=O)COC3CCC(Nc4ccc(N=O)c(C(F)(F)F)c4)CC3)CC2)cc1. The number of piperazine rings is 1. The van der Waals surface area contributed by atoms with Gasteiger partial charge in [0.25, 0.3) is 0 Å². The van der Waals surface area contributed by atoms with Crippen LogP contribution in [-0.4, -0.2) is 55.7 Å². The van der Waals surface area contributed by atoms with Gasteiger partial charge >= 0.3 is 6.18 Å². The van der Waals surface area contributed by atoms with E-state index in [0.29, 0.717) is 63.1 Å². The molecule has 2 aromatic carbocycles. The second-order valence-electron chi connectivity index (χ2n) is 9.28. The Labute approximate surface area is 213 Å². The first-order valence-electron chi connectivity index (χ1n) is 12.2. The zero-order valence-electron chi connectivity index (χ0n) is 20.2. The highest BCUT2D eigenvalue weighted by molar-refractivity contribution is 5.77. The van der Waals surface area contributed by atoms with Crippen molar-refractivity contribution < 1.29 is 22.7 Å². The van der Waals surface area contributed by atoms with Gasteiger partial charge in [-0.2, -0.15) is 18.4 Å². The summed E-state index contributed by atoms with van der Waals surface area (Å²) in [5.41, 5.74) is 0.246. The van der Waals surface area contributed by atoms with Crippen molar-refractivity contribution in [3.8, 4) is 6.07 Å². The third-order valence-electron chi connectivity index (χ3n) is 6.88. The maximum absolute atomic E-state index is 13.2. The fourth-order valence-corrected chi connectivity index (χ4v) is 4.78. The highest BCUT2D eigenvalue weighted by Gasteiger charge is 2.34. The molecule has 2 fully saturated rings. The van der Waals surface area contributed by atoms with Gasteiger partial charge in [-0.05, 0) is 73.3 Å². The number of benzene rings is 2. The first kappa shape index (κ1) is 26.4. The Morgan fingerprint density at radius 1 is 1.05 bits per heavy atom. The number of alkyl halides is 3. The molecule has 196 valence electrons. The molecule has 4 rings (SSSR count). The van der Waals surface area contributed by atoms with Crippen molar-refractivity contribution in [3.63, 3.8) is 0 Å². The van der Waals surface area contributed by atoms with Crippen LogP contribution in [-0.2, 0) is 15.7 Å². The summed E-state index contributed by atoms with van der Waals surface area (Å²) in [5.74, 6) is -0.0525. The Bertz CT molecular complexity index is 1130. The van der Waals surface area contributed by atoms with E-state index in [1.165, 1.54) is 6.07 Å². The maximum atomic E-state index is 13.2. The van der Waals surface area contributed by atoms with Crippen LogP contribution in [0.1, 0.15) is 36.8 Å². The van der Waals surface area contributed by atoms with Gasteiger partial charge in [0.1, 0.15) is 12.3 Å². The molecule has 1 heterocycles. The molecule has 0 unspecified atom stereocenters. The maximum Gasteiger partial charge on any atom is 0.418 e. The minimum Gasteiger partial charge on any atom is -0.382 e. The average molecular weight is 516 g/mol. The molecule has 11 heteroatoms. The van der Waals surface area contributed by atoms with Gasteiger partial charge < -0.3 is 19.9 Å². The van der Waals surface area contributed by atoms with Crippen molar-refractivity contribution in [2.75, 3.05) is 43.0 Å². The first-order chi connectivity index (χ1) is 17.8. The Hall–Kier alpha value is -3.65. The Morgan fingerprint density at radius 2 is 1.73 bits per heavy atom. The molecule has 0 spiro atoms. The van der Waals surface area contributed by atoms with Gasteiger partial charge in [0.15, 0.2) is 0 Å². The molecule has 0 aromatic heterocycles. The van der Waals surface area contributed by atoms with Gasteiger partial charge in [0.2, 0.25) is 5.91 Å². The summed E-state index contributed by atoms with van der Waals surface area (Å²) in [6.45, 7) is 2.60. The van der Waals surface area contributed by atoms with E-state index in [-0.39, 0.29) is 24.7 Å². The molecule has 1 aliphatic carbocycles. The van der Waals surface area contributed by atoms with Crippen LogP contribution in [0.2, 0.25) is 0 Å². The number of nitriles is 1. The molecular weight excluding hydrogens is 487 g/mol. The van der Waals surface area contributed by atoms with E-state index < -0.39 is 17.4 Å². The third-order valence-corrected chi connectivity index (χ3v) is 6.88. The minimum atomic E-state index is -4.66. The van der Waals surface area contributed by atoms with Crippen LogP contribution >= 0.6 is 0 Å². The molecule has 1 saturated heterocycles. The van der Waals surface area contributed by atoms with Gasteiger partial charge in [-0.1, -0.05) is 0 Å². The number of carbonyl (C=O) groups excluding carboxylic acids is 1. The summed E-state index contributed by atoms with van der Waals surface area (Å²) in [5, 5.41) is 14.5. The molecule has 1 N–H and O–H groups in total. The Morgan fingerprint density at radius 3 is 2.32 bits per heavy atom. The predicted molar refractivity (Wildman–Crippen MR) is 132 cm³/mol. The number of hydrogen-bond donors (Lipinski definition) is 1. The van der Waals surface area contributed by atoms with Crippen molar-refractivity contribution >= 4 is 23.0 Å². The highest BCUT2D eigenvalue weighted by atomic mass is 19.4. The lowest BCUT2D eigenvalue weighted by molar-refractivity contribution is -0.139. The molecule has 2 aliphatic rings. The van der Waals surface area contributed by atoms with Crippen LogP contribution in [0.25, 0.3) is 0 Å². The first-order valence-corrected chi connectivity index (χ1v) is 12.2. The fraction of sp³-hybridized carbons (Fsp3) is 0.462. The monoisotopic (exact) mass is 515 g/mol. The molecule has 2 aromatic rings. The molecule has 0 bridgehead atoms. The fourth-order valence-electron chi connectivity index (χ4n) is 4.78. The van der Waals surface area contributed by atoms with Crippen molar-refractivity contribution in [1.82, 2.24) is 4.90 Å². The number of halogens is 3. The molecule has 8 nitrogen and oxygen atoms in total. The van der Waals surface area contributed by atoms with Crippen LogP contribution < -0.4 is 10.2 Å². The molecule has 0 atom stereocenters. The van der Waals surface area contributed by atoms with Gasteiger partial charge in [-0.3, -0.25) is 4.79 Å². The summed E-state index contributed by atoms with van der Waals surface area (Å²) in [4.78, 5) is 27.3. The molecular formula is C26H28F3N5O3. The number of anilines is 2. The quantitative estimate of drug-likeness (QED) is 0.518. The van der Waals surface area contributed by atoms with Crippen molar-refractivity contribution in [2.45, 2.75) is 44.0 Å². The number of ether oxygens (including phenoxy) is 1. The summed E-state index contributed by atoms with van der Waals surface area (Å²) in [6.07, 6.45) is -1.96. The van der Waals surface area contributed by atoms with Crippen molar-refractivity contribution in [1.29, 1.82) is 5.26 Å². The van der Waals surface area contributed by atoms with E-state index in [4.69, 9.17) is 10.00 Å². The number of nitrogens with one attached hydrogen (secondary N) is 1. The van der Waals surface area contributed by atoms with E-state index >= 15 is 0 Å². The van der Waals surface area contributed by atoms with E-state index in [1.54, 1.807) is 17.0 Å². The lowest BCUT2D eigenvalue weighted by Crippen LogP contribution is -2.50. The Kier molecular flexibility index (Phi) is 8.28. The molecule has 1 aliphatic heterocycles. The standard InChI is InChI=1S/C26H28F3N5O3/c27-26(28,29)23-15-20(5-10-24(23)32-36)31-19-3-8-22(9-4-19)37-17-25(35)34-13-11-33(12-14-34)21-6-1-18(16-30)2-7-21/h1-2,5-7,10,15,19,22,31H,3-4,8-9,11-14,17H2. The second-order valence-corrected chi connectivity index (χ2v) is 9.28. The van der Waals surface area contributed by atoms with E-state index in [0.717, 1.165) is 17.8 Å². The van der Waals surface area contributed by atoms with Crippen molar-refractivity contribution in [3.05, 3.63) is 58.5 Å². The van der Waals surface area contributed by atoms with Crippen LogP contribution in [0.3, 0.4) is 0 Å². The number of rotatable bonds is 7. The molecule has 1 saturated carbocycles. The number of carbonyl (C=O) groups is 1. The number of amides is 1. The molecule has 1 amide bonds. The summed E-state index contributed by atoms with van der Waals surface area (Å²) < 4.78 is 45.4. The van der Waals surface area contributed by atoms with E-state index in [9.17, 15) is 22.9 Å². The number of nitrogens with zero attached hydrogens (tertiary/aromatic N) is 4. The summed E-state index contributed by atoms with van der Waals surface area (Å²) in [6, 6.07) is 12.9. The zero-order chi connectivity index (χ0) is 26.4. The van der Waals surface area contributed by atoms with Gasteiger partial charge in [-0.25, -0.2) is 0 Å². The van der Waals surface area contributed by atoms with Crippen LogP contribution in [0.5, 0.6) is 0 Å². The topological polar surface area (TPSA) is 98.0 Å². The van der Waals surface area contributed by atoms with E-state index in [1.807, 2.05) is 12.1 Å². The normalized spacial score (nSPS) is 20.3. The minimum absolute atomic E-state index is 0.00866. The molecule has 37 heavy (non-hydrogen) atoms. The number of nitroso groups, excluding NO2 is 1. The largest absolute Gasteiger partial charge is 0.418 e. The van der Waals surface area contributed by atoms with Gasteiger partial charge in [0.05, 0.1) is 23.3 Å². The Balaban J connectivity index is 1.18. The molecule has 0 radical (unpaired) electrons. The van der Waals surface area contributed by atoms with Crippen LogP contribution in [0.15, 0.2) is 47.6 Å². The lowest BCUT2D eigenvalue weighted by Gasteiger charge is -2.36. The van der Waals surface area contributed by atoms with E-state index in [2.05, 4.69) is 21.5 Å². The summed E-state index contributed by atoms with van der Waals surface area (Å²) in [7, 11) is 0. The second kappa shape index (κ2) is 11.6. The lowest BCUT2D eigenvalue weighted by atomic mass is 9.92. The smallest absolute Gasteiger partial charge is 0.382 e. The third kappa shape index (κ3) is 6.77. The van der Waals surface area contributed by atoms with Crippen LogP contribution in [0, 0.1) is 16.2 Å². The predicted octanol–water partition coefficient (Wildman–Crippen LogP) is 5.06. The van der Waals surface area contributed by atoms with Crippen molar-refractivity contribution in [2.24, 2.45) is 5.18 Å². The average Bonchev–Trinajstić information content (AvgIpc) is 2.92.